The molecule has 0 atom stereocenters. The fourth-order valence-corrected chi connectivity index (χ4v) is 2.73. The first-order valence-corrected chi connectivity index (χ1v) is 8.78. The van der Waals surface area contributed by atoms with Crippen LogP contribution in [0.3, 0.4) is 0 Å². The lowest BCUT2D eigenvalue weighted by Crippen LogP contribution is -2.08. The van der Waals surface area contributed by atoms with Gasteiger partial charge in [0.05, 0.1) is 12.7 Å². The number of carbonyl (C=O) groups is 1. The molecule has 6 nitrogen and oxygen atoms in total. The molecule has 1 aromatic heterocycles. The summed E-state index contributed by atoms with van der Waals surface area (Å²) >= 11 is 6.00. The normalized spacial score (nSPS) is 10.3. The van der Waals surface area contributed by atoms with Crippen LogP contribution in [0.5, 0.6) is 0 Å². The number of nitrogens with one attached hydrogen (secondary N) is 2. The van der Waals surface area contributed by atoms with E-state index in [1.165, 1.54) is 7.11 Å². The molecule has 7 heteroatoms. The highest BCUT2D eigenvalue weighted by Crippen LogP contribution is 2.17. The number of halogens is 1. The van der Waals surface area contributed by atoms with Crippen molar-refractivity contribution in [2.24, 2.45) is 0 Å². The number of rotatable bonds is 7. The summed E-state index contributed by atoms with van der Waals surface area (Å²) in [5.74, 6) is 0.749. The Morgan fingerprint density at radius 3 is 2.81 bits per heavy atom. The molecule has 0 aliphatic carbocycles. The number of benzene rings is 2. The van der Waals surface area contributed by atoms with Crippen LogP contribution >= 0.6 is 11.6 Å². The number of hydrogen-bond acceptors (Lipinski definition) is 6. The third-order valence-electron chi connectivity index (χ3n) is 3.80. The molecule has 0 aliphatic rings. The standard InChI is InChI=1S/C20H19ClN4O2/c1-27-19(26)15-5-3-7-17(13-15)24-20-23-11-9-18(25-20)22-10-8-14-4-2-6-16(21)12-14/h2-7,9,11-13H,8,10H2,1H3,(H2,22,23,24,25). The second-order valence-electron chi connectivity index (χ2n) is 5.77. The number of aromatic nitrogens is 2. The monoisotopic (exact) mass is 382 g/mol. The molecule has 2 N–H and O–H groups in total. The van der Waals surface area contributed by atoms with Gasteiger partial charge < -0.3 is 15.4 Å². The van der Waals surface area contributed by atoms with Crippen molar-refractivity contribution in [3.8, 4) is 0 Å². The molecule has 2 aromatic carbocycles. The summed E-state index contributed by atoms with van der Waals surface area (Å²) in [5, 5.41) is 7.09. The van der Waals surface area contributed by atoms with Crippen molar-refractivity contribution in [2.45, 2.75) is 6.42 Å². The van der Waals surface area contributed by atoms with Gasteiger partial charge in [0, 0.05) is 23.5 Å². The Labute approximate surface area is 162 Å². The number of nitrogens with zero attached hydrogens (tertiary/aromatic N) is 2. The Morgan fingerprint density at radius 2 is 2.00 bits per heavy atom. The van der Waals surface area contributed by atoms with E-state index in [4.69, 9.17) is 16.3 Å². The molecule has 0 saturated carbocycles. The maximum absolute atomic E-state index is 11.6. The van der Waals surface area contributed by atoms with Gasteiger partial charge in [-0.25, -0.2) is 9.78 Å². The molecule has 0 aliphatic heterocycles. The molecule has 0 radical (unpaired) electrons. The molecule has 1 heterocycles. The Balaban J connectivity index is 1.61. The van der Waals surface area contributed by atoms with Crippen molar-refractivity contribution in [1.29, 1.82) is 0 Å². The molecular weight excluding hydrogens is 364 g/mol. The summed E-state index contributed by atoms with van der Waals surface area (Å²) < 4.78 is 4.73. The van der Waals surface area contributed by atoms with Gasteiger partial charge in [-0.2, -0.15) is 4.98 Å². The second-order valence-corrected chi connectivity index (χ2v) is 6.21. The molecule has 27 heavy (non-hydrogen) atoms. The van der Waals surface area contributed by atoms with Crippen LogP contribution in [0.2, 0.25) is 5.02 Å². The third kappa shape index (κ3) is 5.43. The van der Waals surface area contributed by atoms with E-state index in [-0.39, 0.29) is 0 Å². The van der Waals surface area contributed by atoms with Gasteiger partial charge in [0.1, 0.15) is 5.82 Å². The number of carbonyl (C=O) groups excluding carboxylic acids is 1. The molecule has 0 saturated heterocycles. The molecule has 138 valence electrons. The molecular formula is C20H19ClN4O2. The zero-order valence-electron chi connectivity index (χ0n) is 14.8. The van der Waals surface area contributed by atoms with Crippen molar-refractivity contribution in [3.63, 3.8) is 0 Å². The van der Waals surface area contributed by atoms with Crippen LogP contribution in [-0.2, 0) is 11.2 Å². The average Bonchev–Trinajstić information content (AvgIpc) is 2.68. The fourth-order valence-electron chi connectivity index (χ4n) is 2.52. The van der Waals surface area contributed by atoms with Gasteiger partial charge in [0.15, 0.2) is 0 Å². The molecule has 3 rings (SSSR count). The molecule has 3 aromatic rings. The second kappa shape index (κ2) is 9.00. The van der Waals surface area contributed by atoms with Crippen LogP contribution in [0, 0.1) is 0 Å². The minimum absolute atomic E-state index is 0.393. The number of anilines is 3. The molecule has 0 amide bonds. The van der Waals surface area contributed by atoms with E-state index < -0.39 is 5.97 Å². The Morgan fingerprint density at radius 1 is 1.15 bits per heavy atom. The summed E-state index contributed by atoms with van der Waals surface area (Å²) in [5.41, 5.74) is 2.31. The largest absolute Gasteiger partial charge is 0.465 e. The molecule has 0 spiro atoms. The highest BCUT2D eigenvalue weighted by atomic mass is 35.5. The average molecular weight is 383 g/mol. The van der Waals surface area contributed by atoms with Gasteiger partial charge in [-0.3, -0.25) is 0 Å². The number of ether oxygens (including phenoxy) is 1. The smallest absolute Gasteiger partial charge is 0.337 e. The minimum Gasteiger partial charge on any atom is -0.465 e. The SMILES string of the molecule is COC(=O)c1cccc(Nc2nccc(NCCc3cccc(Cl)c3)n2)c1. The Kier molecular flexibility index (Phi) is 6.22. The summed E-state index contributed by atoms with van der Waals surface area (Å²) in [6.07, 6.45) is 2.50. The van der Waals surface area contributed by atoms with E-state index >= 15 is 0 Å². The van der Waals surface area contributed by atoms with Gasteiger partial charge in [-0.05, 0) is 48.4 Å². The highest BCUT2D eigenvalue weighted by Gasteiger charge is 2.07. The van der Waals surface area contributed by atoms with E-state index in [2.05, 4.69) is 20.6 Å². The Bertz CT molecular complexity index is 933. The van der Waals surface area contributed by atoms with Gasteiger partial charge in [0.2, 0.25) is 5.95 Å². The van der Waals surface area contributed by atoms with Crippen molar-refractivity contribution in [3.05, 3.63) is 76.9 Å². The van der Waals surface area contributed by atoms with E-state index in [0.717, 1.165) is 17.0 Å². The highest BCUT2D eigenvalue weighted by molar-refractivity contribution is 6.30. The predicted molar refractivity (Wildman–Crippen MR) is 107 cm³/mol. The number of hydrogen-bond donors (Lipinski definition) is 2. The van der Waals surface area contributed by atoms with E-state index in [1.807, 2.05) is 30.3 Å². The zero-order valence-corrected chi connectivity index (χ0v) is 15.5. The lowest BCUT2D eigenvalue weighted by molar-refractivity contribution is 0.0601. The zero-order chi connectivity index (χ0) is 19.1. The van der Waals surface area contributed by atoms with Gasteiger partial charge in [-0.15, -0.1) is 0 Å². The number of methoxy groups -OCH3 is 1. The summed E-state index contributed by atoms with van der Waals surface area (Å²) in [6, 6.07) is 16.5. The van der Waals surface area contributed by atoms with Crippen LogP contribution in [0.25, 0.3) is 0 Å². The summed E-state index contributed by atoms with van der Waals surface area (Å²) in [7, 11) is 1.35. The number of esters is 1. The van der Waals surface area contributed by atoms with E-state index in [9.17, 15) is 4.79 Å². The molecule has 0 unspecified atom stereocenters. The van der Waals surface area contributed by atoms with Gasteiger partial charge in [-0.1, -0.05) is 29.8 Å². The minimum atomic E-state index is -0.393. The van der Waals surface area contributed by atoms with Gasteiger partial charge in [0.25, 0.3) is 0 Å². The summed E-state index contributed by atoms with van der Waals surface area (Å²) in [4.78, 5) is 20.3. The Hall–Kier alpha value is -3.12. The van der Waals surface area contributed by atoms with Crippen molar-refractivity contribution in [2.75, 3.05) is 24.3 Å². The first-order chi connectivity index (χ1) is 13.1. The van der Waals surface area contributed by atoms with Crippen LogP contribution in [0.4, 0.5) is 17.5 Å². The van der Waals surface area contributed by atoms with Gasteiger partial charge >= 0.3 is 5.97 Å². The van der Waals surface area contributed by atoms with Crippen molar-refractivity contribution in [1.82, 2.24) is 9.97 Å². The maximum atomic E-state index is 11.6. The van der Waals surface area contributed by atoms with Crippen molar-refractivity contribution >= 4 is 35.0 Å². The summed E-state index contributed by atoms with van der Waals surface area (Å²) in [6.45, 7) is 0.717. The third-order valence-corrected chi connectivity index (χ3v) is 4.04. The quantitative estimate of drug-likeness (QED) is 0.593. The van der Waals surface area contributed by atoms with Crippen LogP contribution in [0.15, 0.2) is 60.8 Å². The van der Waals surface area contributed by atoms with Crippen LogP contribution in [-0.4, -0.2) is 29.6 Å². The first kappa shape index (κ1) is 18.7. The van der Waals surface area contributed by atoms with Crippen LogP contribution < -0.4 is 10.6 Å². The fraction of sp³-hybridized carbons (Fsp3) is 0.150. The maximum Gasteiger partial charge on any atom is 0.337 e. The van der Waals surface area contributed by atoms with E-state index in [0.29, 0.717) is 29.6 Å². The van der Waals surface area contributed by atoms with Crippen LogP contribution in [0.1, 0.15) is 15.9 Å². The lowest BCUT2D eigenvalue weighted by Gasteiger charge is -2.09. The topological polar surface area (TPSA) is 76.1 Å². The molecule has 0 bridgehead atoms. The first-order valence-electron chi connectivity index (χ1n) is 8.41. The predicted octanol–water partition coefficient (Wildman–Crippen LogP) is 4.31. The molecule has 0 fully saturated rings. The van der Waals surface area contributed by atoms with Crippen molar-refractivity contribution < 1.29 is 9.53 Å². The van der Waals surface area contributed by atoms with E-state index in [1.54, 1.807) is 30.5 Å². The lowest BCUT2D eigenvalue weighted by atomic mass is 10.1.